The summed E-state index contributed by atoms with van der Waals surface area (Å²) in [5.74, 6) is -0.517. The first kappa shape index (κ1) is 21.9. The maximum absolute atomic E-state index is 12.9. The number of aliphatic carboxylic acids is 1. The van der Waals surface area contributed by atoms with Crippen molar-refractivity contribution >= 4 is 23.5 Å². The van der Waals surface area contributed by atoms with Crippen LogP contribution >= 0.6 is 11.6 Å². The second kappa shape index (κ2) is 8.14. The van der Waals surface area contributed by atoms with Crippen molar-refractivity contribution in [3.05, 3.63) is 46.1 Å². The van der Waals surface area contributed by atoms with Gasteiger partial charge in [0.2, 0.25) is 5.91 Å². The van der Waals surface area contributed by atoms with E-state index in [4.69, 9.17) is 16.7 Å². The maximum atomic E-state index is 12.9. The lowest BCUT2D eigenvalue weighted by Crippen LogP contribution is -2.41. The van der Waals surface area contributed by atoms with Gasteiger partial charge in [0.1, 0.15) is 0 Å². The van der Waals surface area contributed by atoms with Crippen LogP contribution < -0.4 is 0 Å². The molecular formula is C24H32ClNO3. The average Bonchev–Trinajstić information content (AvgIpc) is 2.94. The number of nitrogens with zero attached hydrogens (tertiary/aromatic N) is 1. The van der Waals surface area contributed by atoms with Crippen molar-refractivity contribution in [2.24, 2.45) is 11.3 Å². The first-order valence-electron chi connectivity index (χ1n) is 10.5. The van der Waals surface area contributed by atoms with E-state index in [0.717, 1.165) is 41.8 Å². The van der Waals surface area contributed by atoms with Crippen molar-refractivity contribution in [3.63, 3.8) is 0 Å². The standard InChI is InChI=1S/C24H32ClNO3/c1-16-7-11-24(14-21(27)26(15-19(16)24)12-9-22(28)29)18-6-5-17(20(25)13-18)8-10-23(2,3)4/h5-6,13,15-16H,7-12,14H2,1-4H3,(H,28,29)/t16-,24?/m1/s1. The monoisotopic (exact) mass is 417 g/mol. The molecule has 1 aliphatic carbocycles. The summed E-state index contributed by atoms with van der Waals surface area (Å²) >= 11 is 6.67. The minimum absolute atomic E-state index is 0.00275. The number of carboxylic acid groups (broad SMARTS) is 1. The zero-order valence-corrected chi connectivity index (χ0v) is 18.7. The van der Waals surface area contributed by atoms with Gasteiger partial charge in [-0.2, -0.15) is 0 Å². The third-order valence-corrected chi connectivity index (χ3v) is 6.82. The number of carboxylic acids is 1. The molecule has 3 rings (SSSR count). The van der Waals surface area contributed by atoms with Crippen LogP contribution in [0.15, 0.2) is 30.0 Å². The fourth-order valence-electron chi connectivity index (χ4n) is 4.65. The van der Waals surface area contributed by atoms with E-state index in [1.807, 2.05) is 6.20 Å². The van der Waals surface area contributed by atoms with Gasteiger partial charge in [-0.3, -0.25) is 9.59 Å². The van der Waals surface area contributed by atoms with Crippen LogP contribution in [0.1, 0.15) is 70.9 Å². The van der Waals surface area contributed by atoms with Crippen molar-refractivity contribution in [1.82, 2.24) is 4.90 Å². The Morgan fingerprint density at radius 2 is 2.07 bits per heavy atom. The van der Waals surface area contributed by atoms with Gasteiger partial charge in [-0.1, -0.05) is 51.4 Å². The Bertz CT molecular complexity index is 839. The molecule has 1 fully saturated rings. The molecule has 29 heavy (non-hydrogen) atoms. The highest BCUT2D eigenvalue weighted by molar-refractivity contribution is 6.31. The molecule has 0 radical (unpaired) electrons. The number of amides is 1. The highest BCUT2D eigenvalue weighted by Crippen LogP contribution is 2.53. The summed E-state index contributed by atoms with van der Waals surface area (Å²) in [6.07, 6.45) is 6.23. The number of carbonyl (C=O) groups is 2. The van der Waals surface area contributed by atoms with E-state index in [0.29, 0.717) is 12.3 Å². The normalized spacial score (nSPS) is 24.4. The molecule has 1 N–H and O–H groups in total. The molecule has 2 atom stereocenters. The highest BCUT2D eigenvalue weighted by atomic mass is 35.5. The van der Waals surface area contributed by atoms with Gasteiger partial charge < -0.3 is 10.0 Å². The number of rotatable bonds is 6. The molecule has 1 saturated carbocycles. The molecule has 1 amide bonds. The molecule has 0 saturated heterocycles. The van der Waals surface area contributed by atoms with E-state index < -0.39 is 5.97 Å². The number of halogens is 1. The van der Waals surface area contributed by atoms with Gasteiger partial charge in [-0.25, -0.2) is 0 Å². The zero-order chi connectivity index (χ0) is 21.4. The Morgan fingerprint density at radius 3 is 2.69 bits per heavy atom. The van der Waals surface area contributed by atoms with E-state index in [1.54, 1.807) is 4.90 Å². The minimum atomic E-state index is -0.884. The Kier molecular flexibility index (Phi) is 6.14. The van der Waals surface area contributed by atoms with Gasteiger partial charge in [-0.15, -0.1) is 0 Å². The van der Waals surface area contributed by atoms with Crippen molar-refractivity contribution in [2.75, 3.05) is 6.54 Å². The van der Waals surface area contributed by atoms with Crippen LogP contribution in [-0.2, 0) is 21.4 Å². The van der Waals surface area contributed by atoms with Crippen molar-refractivity contribution < 1.29 is 14.7 Å². The topological polar surface area (TPSA) is 57.6 Å². The highest BCUT2D eigenvalue weighted by Gasteiger charge is 2.48. The van der Waals surface area contributed by atoms with Crippen molar-refractivity contribution in [3.8, 4) is 0 Å². The van der Waals surface area contributed by atoms with Gasteiger partial charge in [0, 0.05) is 29.6 Å². The fourth-order valence-corrected chi connectivity index (χ4v) is 4.93. The maximum Gasteiger partial charge on any atom is 0.305 e. The van der Waals surface area contributed by atoms with Crippen LogP contribution in [0.3, 0.4) is 0 Å². The van der Waals surface area contributed by atoms with E-state index >= 15 is 0 Å². The largest absolute Gasteiger partial charge is 0.481 e. The smallest absolute Gasteiger partial charge is 0.305 e. The third-order valence-electron chi connectivity index (χ3n) is 6.47. The predicted molar refractivity (Wildman–Crippen MR) is 116 cm³/mol. The van der Waals surface area contributed by atoms with Gasteiger partial charge in [0.05, 0.1) is 6.42 Å². The number of hydrogen-bond donors (Lipinski definition) is 1. The summed E-state index contributed by atoms with van der Waals surface area (Å²) in [6, 6.07) is 6.33. The van der Waals surface area contributed by atoms with Crippen molar-refractivity contribution in [2.45, 2.75) is 71.6 Å². The predicted octanol–water partition coefficient (Wildman–Crippen LogP) is 5.58. The lowest BCUT2D eigenvalue weighted by Gasteiger charge is -2.39. The number of allylic oxidation sites excluding steroid dienone is 1. The number of hydrogen-bond acceptors (Lipinski definition) is 2. The first-order chi connectivity index (χ1) is 13.5. The second-order valence-electron chi connectivity index (χ2n) is 9.88. The van der Waals surface area contributed by atoms with Crippen molar-refractivity contribution in [1.29, 1.82) is 0 Å². The lowest BCUT2D eigenvalue weighted by molar-refractivity contribution is -0.138. The molecule has 2 aliphatic rings. The van der Waals surface area contributed by atoms with Crippen LogP contribution in [0.5, 0.6) is 0 Å². The Labute approximate surface area is 178 Å². The van der Waals surface area contributed by atoms with Gasteiger partial charge >= 0.3 is 5.97 Å². The summed E-state index contributed by atoms with van der Waals surface area (Å²) in [7, 11) is 0. The Balaban J connectivity index is 1.90. The van der Waals surface area contributed by atoms with E-state index in [2.05, 4.69) is 45.9 Å². The summed E-state index contributed by atoms with van der Waals surface area (Å²) in [5, 5.41) is 9.75. The van der Waals surface area contributed by atoms with Gasteiger partial charge in [0.25, 0.3) is 0 Å². The molecule has 1 aromatic rings. The molecule has 5 heteroatoms. The summed E-state index contributed by atoms with van der Waals surface area (Å²) in [5.41, 5.74) is 3.46. The second-order valence-corrected chi connectivity index (χ2v) is 10.3. The first-order valence-corrected chi connectivity index (χ1v) is 10.9. The van der Waals surface area contributed by atoms with Gasteiger partial charge in [-0.05, 0) is 59.8 Å². The Morgan fingerprint density at radius 1 is 1.34 bits per heavy atom. The van der Waals surface area contributed by atoms with E-state index in [-0.39, 0.29) is 29.7 Å². The summed E-state index contributed by atoms with van der Waals surface area (Å²) in [6.45, 7) is 9.12. The Hall–Kier alpha value is -1.81. The number of fused-ring (bicyclic) bond motifs is 1. The number of aryl methyl sites for hydroxylation is 1. The quantitative estimate of drug-likeness (QED) is 0.657. The molecule has 1 aliphatic heterocycles. The van der Waals surface area contributed by atoms with E-state index in [1.165, 1.54) is 5.57 Å². The van der Waals surface area contributed by atoms with Gasteiger partial charge in [0.15, 0.2) is 0 Å². The average molecular weight is 418 g/mol. The summed E-state index contributed by atoms with van der Waals surface area (Å²) in [4.78, 5) is 25.4. The third kappa shape index (κ3) is 4.69. The number of benzene rings is 1. The molecule has 0 spiro atoms. The SMILES string of the molecule is C[C@@H]1CCC2(c3ccc(CCC(C)(C)C)c(Cl)c3)CC(=O)N(CCC(=O)O)C=C12. The molecule has 1 aromatic carbocycles. The molecule has 1 heterocycles. The van der Waals surface area contributed by atoms with Crippen LogP contribution in [0.2, 0.25) is 5.02 Å². The lowest BCUT2D eigenvalue weighted by atomic mass is 9.70. The minimum Gasteiger partial charge on any atom is -0.481 e. The molecule has 0 aromatic heterocycles. The molecule has 1 unspecified atom stereocenters. The van der Waals surface area contributed by atoms with Crippen LogP contribution in [-0.4, -0.2) is 28.4 Å². The molecular weight excluding hydrogens is 386 g/mol. The van der Waals surface area contributed by atoms with Crippen LogP contribution in [0.25, 0.3) is 0 Å². The van der Waals surface area contributed by atoms with Crippen LogP contribution in [0.4, 0.5) is 0 Å². The number of carbonyl (C=O) groups excluding carboxylic acids is 1. The van der Waals surface area contributed by atoms with E-state index in [9.17, 15) is 9.59 Å². The fraction of sp³-hybridized carbons (Fsp3) is 0.583. The van der Waals surface area contributed by atoms with Crippen LogP contribution in [0, 0.1) is 11.3 Å². The molecule has 0 bridgehead atoms. The molecule has 158 valence electrons. The summed E-state index contributed by atoms with van der Waals surface area (Å²) < 4.78 is 0. The molecule has 4 nitrogen and oxygen atoms in total. The zero-order valence-electron chi connectivity index (χ0n) is 17.9.